The van der Waals surface area contributed by atoms with Crippen molar-refractivity contribution in [3.05, 3.63) is 36.5 Å². The molecule has 0 bridgehead atoms. The molecule has 0 fully saturated rings. The summed E-state index contributed by atoms with van der Waals surface area (Å²) in [6.45, 7) is 0. The maximum absolute atomic E-state index is 5.85. The third-order valence-electron chi connectivity index (χ3n) is 2.17. The van der Waals surface area contributed by atoms with E-state index < -0.39 is 0 Å². The van der Waals surface area contributed by atoms with Gasteiger partial charge in [0.05, 0.1) is 0 Å². The lowest BCUT2D eigenvalue weighted by molar-refractivity contribution is 1.34. The second-order valence-electron chi connectivity index (χ2n) is 3.32. The van der Waals surface area contributed by atoms with Crippen molar-refractivity contribution in [3.63, 3.8) is 0 Å². The summed E-state index contributed by atoms with van der Waals surface area (Å²) in [5.74, 6) is 0.467. The molecule has 0 aliphatic heterocycles. The molecule has 6 N–H and O–H groups in total. The number of nitrogens with two attached hydrogens (primary N) is 3. The average Bonchev–Trinajstić information content (AvgIpc) is 2.22. The monoisotopic (exact) mass is 200 g/mol. The predicted molar refractivity (Wildman–Crippen MR) is 62.9 cm³/mol. The Balaban J connectivity index is 2.58. The average molecular weight is 200 g/mol. The minimum atomic E-state index is 0.467. The summed E-state index contributed by atoms with van der Waals surface area (Å²) in [6, 6.07) is 8.99. The van der Waals surface area contributed by atoms with E-state index in [0.29, 0.717) is 17.2 Å². The zero-order valence-electron chi connectivity index (χ0n) is 8.14. The SMILES string of the molecule is Nc1ccc(N)c(-c2ccnc(N)c2)c1. The van der Waals surface area contributed by atoms with Gasteiger partial charge in [-0.2, -0.15) is 0 Å². The van der Waals surface area contributed by atoms with Gasteiger partial charge in [0.25, 0.3) is 0 Å². The molecule has 15 heavy (non-hydrogen) atoms. The maximum Gasteiger partial charge on any atom is 0.123 e. The van der Waals surface area contributed by atoms with Gasteiger partial charge in [-0.15, -0.1) is 0 Å². The van der Waals surface area contributed by atoms with Gasteiger partial charge in [-0.1, -0.05) is 0 Å². The van der Waals surface area contributed by atoms with Crippen LogP contribution in [-0.2, 0) is 0 Å². The number of rotatable bonds is 1. The quantitative estimate of drug-likeness (QED) is 0.608. The molecule has 0 radical (unpaired) electrons. The number of aromatic nitrogens is 1. The van der Waals surface area contributed by atoms with E-state index in [1.54, 1.807) is 24.4 Å². The van der Waals surface area contributed by atoms with Crippen molar-refractivity contribution in [1.82, 2.24) is 4.98 Å². The van der Waals surface area contributed by atoms with Gasteiger partial charge in [0.15, 0.2) is 0 Å². The first-order valence-corrected chi connectivity index (χ1v) is 4.54. The molecule has 0 aliphatic rings. The molecule has 0 saturated heterocycles. The lowest BCUT2D eigenvalue weighted by Gasteiger charge is -2.07. The lowest BCUT2D eigenvalue weighted by atomic mass is 10.0. The fourth-order valence-electron chi connectivity index (χ4n) is 1.44. The van der Waals surface area contributed by atoms with E-state index >= 15 is 0 Å². The smallest absolute Gasteiger partial charge is 0.123 e. The van der Waals surface area contributed by atoms with Gasteiger partial charge in [0.1, 0.15) is 5.82 Å². The maximum atomic E-state index is 5.85. The topological polar surface area (TPSA) is 91.0 Å². The molecule has 2 rings (SSSR count). The fraction of sp³-hybridized carbons (Fsp3) is 0. The van der Waals surface area contributed by atoms with Crippen LogP contribution in [0.1, 0.15) is 0 Å². The Kier molecular flexibility index (Phi) is 2.17. The minimum absolute atomic E-state index is 0.467. The van der Waals surface area contributed by atoms with Crippen molar-refractivity contribution in [2.24, 2.45) is 0 Å². The summed E-state index contributed by atoms with van der Waals surface area (Å²) in [5, 5.41) is 0. The molecule has 0 saturated carbocycles. The van der Waals surface area contributed by atoms with Crippen molar-refractivity contribution >= 4 is 17.2 Å². The minimum Gasteiger partial charge on any atom is -0.399 e. The normalized spacial score (nSPS) is 10.1. The molecular weight excluding hydrogens is 188 g/mol. The number of nitrogens with zero attached hydrogens (tertiary/aromatic N) is 1. The lowest BCUT2D eigenvalue weighted by Crippen LogP contribution is -1.94. The molecule has 4 nitrogen and oxygen atoms in total. The van der Waals surface area contributed by atoms with Crippen LogP contribution in [0.2, 0.25) is 0 Å². The zero-order valence-corrected chi connectivity index (χ0v) is 8.14. The number of pyridine rings is 1. The van der Waals surface area contributed by atoms with Gasteiger partial charge in [-0.25, -0.2) is 4.98 Å². The second-order valence-corrected chi connectivity index (χ2v) is 3.32. The van der Waals surface area contributed by atoms with Crippen LogP contribution in [0.5, 0.6) is 0 Å². The predicted octanol–water partition coefficient (Wildman–Crippen LogP) is 1.50. The van der Waals surface area contributed by atoms with Crippen LogP contribution in [-0.4, -0.2) is 4.98 Å². The number of benzene rings is 1. The highest BCUT2D eigenvalue weighted by molar-refractivity contribution is 5.79. The molecule has 1 aromatic heterocycles. The molecule has 0 amide bonds. The van der Waals surface area contributed by atoms with E-state index in [1.807, 2.05) is 12.1 Å². The Morgan fingerprint density at radius 3 is 2.47 bits per heavy atom. The van der Waals surface area contributed by atoms with Crippen LogP contribution < -0.4 is 17.2 Å². The number of hydrogen-bond donors (Lipinski definition) is 3. The Morgan fingerprint density at radius 1 is 0.933 bits per heavy atom. The molecule has 0 unspecified atom stereocenters. The molecular formula is C11H12N4. The van der Waals surface area contributed by atoms with Gasteiger partial charge in [-0.05, 0) is 35.9 Å². The van der Waals surface area contributed by atoms with Crippen LogP contribution in [0, 0.1) is 0 Å². The molecule has 1 aromatic carbocycles. The number of anilines is 3. The zero-order chi connectivity index (χ0) is 10.8. The van der Waals surface area contributed by atoms with Crippen LogP contribution in [0.3, 0.4) is 0 Å². The molecule has 2 aromatic rings. The van der Waals surface area contributed by atoms with E-state index in [0.717, 1.165) is 11.1 Å². The summed E-state index contributed by atoms with van der Waals surface area (Å²) in [7, 11) is 0. The second kappa shape index (κ2) is 3.49. The van der Waals surface area contributed by atoms with Crippen LogP contribution in [0.25, 0.3) is 11.1 Å². The fourth-order valence-corrected chi connectivity index (χ4v) is 1.44. The van der Waals surface area contributed by atoms with Gasteiger partial charge < -0.3 is 17.2 Å². The van der Waals surface area contributed by atoms with Crippen molar-refractivity contribution in [2.75, 3.05) is 17.2 Å². The summed E-state index contributed by atoms with van der Waals surface area (Å²) < 4.78 is 0. The van der Waals surface area contributed by atoms with Crippen molar-refractivity contribution < 1.29 is 0 Å². The molecule has 4 heteroatoms. The molecule has 0 atom stereocenters. The molecule has 1 heterocycles. The summed E-state index contributed by atoms with van der Waals surface area (Å²) >= 11 is 0. The Morgan fingerprint density at radius 2 is 1.73 bits per heavy atom. The standard InChI is InChI=1S/C11H12N4/c12-8-1-2-10(13)9(6-8)7-3-4-15-11(14)5-7/h1-6H,12-13H2,(H2,14,15). The van der Waals surface area contributed by atoms with E-state index in [-0.39, 0.29) is 0 Å². The van der Waals surface area contributed by atoms with Crippen molar-refractivity contribution in [2.45, 2.75) is 0 Å². The number of hydrogen-bond acceptors (Lipinski definition) is 4. The van der Waals surface area contributed by atoms with Gasteiger partial charge in [-0.3, -0.25) is 0 Å². The Bertz CT molecular complexity index is 494. The van der Waals surface area contributed by atoms with E-state index in [9.17, 15) is 0 Å². The highest BCUT2D eigenvalue weighted by Gasteiger charge is 2.03. The summed E-state index contributed by atoms with van der Waals surface area (Å²) in [6.07, 6.45) is 1.65. The van der Waals surface area contributed by atoms with E-state index in [1.165, 1.54) is 0 Å². The highest BCUT2D eigenvalue weighted by atomic mass is 14.8. The van der Waals surface area contributed by atoms with Gasteiger partial charge in [0, 0.05) is 23.1 Å². The first-order chi connectivity index (χ1) is 7.16. The van der Waals surface area contributed by atoms with Crippen LogP contribution in [0.4, 0.5) is 17.2 Å². The Labute approximate surface area is 87.7 Å². The first-order valence-electron chi connectivity index (χ1n) is 4.54. The summed E-state index contributed by atoms with van der Waals surface area (Å²) in [5.41, 5.74) is 20.3. The van der Waals surface area contributed by atoms with E-state index in [4.69, 9.17) is 17.2 Å². The molecule has 0 spiro atoms. The van der Waals surface area contributed by atoms with Gasteiger partial charge >= 0.3 is 0 Å². The Hall–Kier alpha value is -2.23. The first kappa shape index (κ1) is 9.33. The van der Waals surface area contributed by atoms with Crippen LogP contribution >= 0.6 is 0 Å². The molecule has 0 aliphatic carbocycles. The third kappa shape index (κ3) is 1.83. The van der Waals surface area contributed by atoms with Gasteiger partial charge in [0.2, 0.25) is 0 Å². The third-order valence-corrected chi connectivity index (χ3v) is 2.17. The van der Waals surface area contributed by atoms with Crippen molar-refractivity contribution in [3.8, 4) is 11.1 Å². The van der Waals surface area contributed by atoms with E-state index in [2.05, 4.69) is 4.98 Å². The van der Waals surface area contributed by atoms with Crippen molar-refractivity contribution in [1.29, 1.82) is 0 Å². The summed E-state index contributed by atoms with van der Waals surface area (Å²) in [4.78, 5) is 3.92. The van der Waals surface area contributed by atoms with Crippen LogP contribution in [0.15, 0.2) is 36.5 Å². The highest BCUT2D eigenvalue weighted by Crippen LogP contribution is 2.28. The molecule has 76 valence electrons. The largest absolute Gasteiger partial charge is 0.399 e. The number of nitrogen functional groups attached to an aromatic ring is 3.